The van der Waals surface area contributed by atoms with E-state index in [4.69, 9.17) is 26.2 Å². The number of hydrogen-bond donors (Lipinski definition) is 3. The lowest BCUT2D eigenvalue weighted by molar-refractivity contribution is 0.122. The minimum Gasteiger partial charge on any atom is -0.382 e. The molecular weight excluding hydrogens is 442 g/mol. The first-order valence-electron chi connectivity index (χ1n) is 13.0. The van der Waals surface area contributed by atoms with Gasteiger partial charge in [0.05, 0.1) is 25.1 Å². The minimum absolute atomic E-state index is 0.305. The van der Waals surface area contributed by atoms with Crippen molar-refractivity contribution in [2.24, 2.45) is 5.73 Å². The summed E-state index contributed by atoms with van der Waals surface area (Å²) >= 11 is 0. The number of imidazole rings is 1. The normalized spacial score (nSPS) is 23.7. The van der Waals surface area contributed by atoms with Crippen molar-refractivity contribution in [3.8, 4) is 0 Å². The summed E-state index contributed by atoms with van der Waals surface area (Å²) < 4.78 is 7.82. The molecule has 10 nitrogen and oxygen atoms in total. The van der Waals surface area contributed by atoms with Crippen molar-refractivity contribution in [2.75, 3.05) is 42.3 Å². The lowest BCUT2D eigenvalue weighted by Crippen LogP contribution is -2.36. The number of ether oxygens (including phenoxy) is 1. The number of pyridine rings is 1. The molecule has 4 heterocycles. The fourth-order valence-corrected chi connectivity index (χ4v) is 5.82. The second kappa shape index (κ2) is 9.58. The van der Waals surface area contributed by atoms with Crippen LogP contribution in [0.5, 0.6) is 0 Å². The summed E-state index contributed by atoms with van der Waals surface area (Å²) in [7, 11) is 0. The highest BCUT2D eigenvalue weighted by Gasteiger charge is 2.31. The van der Waals surface area contributed by atoms with Gasteiger partial charge >= 0.3 is 0 Å². The van der Waals surface area contributed by atoms with Crippen molar-refractivity contribution in [1.29, 1.82) is 0 Å². The number of aromatic nitrogens is 5. The fraction of sp³-hybridized carbons (Fsp3) is 0.600. The molecule has 0 spiro atoms. The van der Waals surface area contributed by atoms with E-state index in [9.17, 15) is 0 Å². The van der Waals surface area contributed by atoms with Gasteiger partial charge in [-0.2, -0.15) is 9.97 Å². The zero-order valence-electron chi connectivity index (χ0n) is 20.2. The van der Waals surface area contributed by atoms with Crippen LogP contribution < -0.4 is 21.7 Å². The zero-order chi connectivity index (χ0) is 23.8. The van der Waals surface area contributed by atoms with E-state index in [2.05, 4.69) is 24.8 Å². The summed E-state index contributed by atoms with van der Waals surface area (Å²) in [6.45, 7) is 3.19. The van der Waals surface area contributed by atoms with Gasteiger partial charge in [0, 0.05) is 31.1 Å². The molecule has 1 aliphatic heterocycles. The Labute approximate surface area is 205 Å². The van der Waals surface area contributed by atoms with Crippen molar-refractivity contribution < 1.29 is 4.74 Å². The molecule has 186 valence electrons. The zero-order valence-corrected chi connectivity index (χ0v) is 20.2. The summed E-state index contributed by atoms with van der Waals surface area (Å²) in [4.78, 5) is 21.4. The Morgan fingerprint density at radius 1 is 0.943 bits per heavy atom. The SMILES string of the molecule is Nc1nc(Nc2ccc(N3CCOCC3)nc2)nc2c1nc(C1CCC(N)CC1)n2C1CCCC1. The maximum absolute atomic E-state index is 6.44. The summed E-state index contributed by atoms with van der Waals surface area (Å²) in [5, 5.41) is 3.31. The van der Waals surface area contributed by atoms with Crippen molar-refractivity contribution in [1.82, 2.24) is 24.5 Å². The topological polar surface area (TPSA) is 133 Å². The Balaban J connectivity index is 1.31. The Morgan fingerprint density at radius 2 is 1.71 bits per heavy atom. The Kier molecular flexibility index (Phi) is 6.15. The highest BCUT2D eigenvalue weighted by Crippen LogP contribution is 2.40. The predicted octanol–water partition coefficient (Wildman–Crippen LogP) is 3.48. The van der Waals surface area contributed by atoms with Crippen LogP contribution in [0.1, 0.15) is 69.2 Å². The molecular formula is C25H35N9O. The van der Waals surface area contributed by atoms with E-state index >= 15 is 0 Å². The first kappa shape index (κ1) is 22.5. The van der Waals surface area contributed by atoms with Gasteiger partial charge in [0.15, 0.2) is 17.0 Å². The molecule has 0 amide bonds. The summed E-state index contributed by atoms with van der Waals surface area (Å²) in [5.41, 5.74) is 15.0. The van der Waals surface area contributed by atoms with E-state index in [-0.39, 0.29) is 0 Å². The Bertz CT molecular complexity index is 1160. The van der Waals surface area contributed by atoms with Gasteiger partial charge < -0.3 is 31.0 Å². The van der Waals surface area contributed by atoms with Gasteiger partial charge in [0.2, 0.25) is 5.95 Å². The smallest absolute Gasteiger partial charge is 0.231 e. The first-order chi connectivity index (χ1) is 17.2. The quantitative estimate of drug-likeness (QED) is 0.505. The van der Waals surface area contributed by atoms with Gasteiger partial charge in [-0.05, 0) is 50.7 Å². The van der Waals surface area contributed by atoms with E-state index in [1.165, 1.54) is 12.8 Å². The minimum atomic E-state index is 0.305. The van der Waals surface area contributed by atoms with Crippen molar-refractivity contribution in [3.05, 3.63) is 24.2 Å². The number of fused-ring (bicyclic) bond motifs is 1. The van der Waals surface area contributed by atoms with Gasteiger partial charge in [-0.3, -0.25) is 0 Å². The second-order valence-corrected chi connectivity index (χ2v) is 10.1. The number of nitrogen functional groups attached to an aromatic ring is 1. The van der Waals surface area contributed by atoms with E-state index in [1.807, 2.05) is 18.3 Å². The van der Waals surface area contributed by atoms with Crippen molar-refractivity contribution >= 4 is 34.4 Å². The van der Waals surface area contributed by atoms with E-state index in [1.54, 1.807) is 0 Å². The van der Waals surface area contributed by atoms with Crippen LogP contribution in [0.4, 0.5) is 23.3 Å². The van der Waals surface area contributed by atoms with Crippen LogP contribution >= 0.6 is 0 Å². The molecule has 2 saturated carbocycles. The van der Waals surface area contributed by atoms with Gasteiger partial charge in [0.25, 0.3) is 0 Å². The molecule has 3 fully saturated rings. The Hall–Kier alpha value is -2.98. The standard InChI is InChI=1S/C25H35N9O/c26-17-7-5-16(6-8-17)23-30-21-22(27)31-25(32-24(21)34(23)19-3-1-2-4-19)29-18-9-10-20(28-15-18)33-11-13-35-14-12-33/h9-10,15-17,19H,1-8,11-14,26H2,(H3,27,29,31,32). The molecule has 0 radical (unpaired) electrons. The molecule has 3 aromatic heterocycles. The lowest BCUT2D eigenvalue weighted by atomic mass is 9.86. The number of rotatable bonds is 5. The van der Waals surface area contributed by atoms with Crippen LogP contribution in [0.3, 0.4) is 0 Å². The van der Waals surface area contributed by atoms with Crippen LogP contribution in [0, 0.1) is 0 Å². The number of nitrogens with two attached hydrogens (primary N) is 2. The maximum atomic E-state index is 6.44. The van der Waals surface area contributed by atoms with Crippen molar-refractivity contribution in [3.63, 3.8) is 0 Å². The Morgan fingerprint density at radius 3 is 2.43 bits per heavy atom. The third-order valence-corrected chi connectivity index (χ3v) is 7.76. The van der Waals surface area contributed by atoms with Gasteiger partial charge in [-0.25, -0.2) is 9.97 Å². The second-order valence-electron chi connectivity index (χ2n) is 10.1. The molecule has 2 aliphatic carbocycles. The molecule has 0 aromatic carbocycles. The van der Waals surface area contributed by atoms with E-state index < -0.39 is 0 Å². The average Bonchev–Trinajstić information content (AvgIpc) is 3.54. The molecule has 35 heavy (non-hydrogen) atoms. The molecule has 3 aliphatic rings. The van der Waals surface area contributed by atoms with Crippen LogP contribution in [0.25, 0.3) is 11.2 Å². The maximum Gasteiger partial charge on any atom is 0.231 e. The molecule has 0 unspecified atom stereocenters. The number of anilines is 4. The molecule has 3 aromatic rings. The molecule has 0 bridgehead atoms. The van der Waals surface area contributed by atoms with Crippen LogP contribution in [0.15, 0.2) is 18.3 Å². The number of nitrogens with zero attached hydrogens (tertiary/aromatic N) is 6. The highest BCUT2D eigenvalue weighted by atomic mass is 16.5. The van der Waals surface area contributed by atoms with Crippen molar-refractivity contribution in [2.45, 2.75) is 69.4 Å². The number of morpholine rings is 1. The van der Waals surface area contributed by atoms with Gasteiger partial charge in [-0.1, -0.05) is 12.8 Å². The van der Waals surface area contributed by atoms with Gasteiger partial charge in [0.1, 0.15) is 11.6 Å². The third kappa shape index (κ3) is 4.52. The largest absolute Gasteiger partial charge is 0.382 e. The van der Waals surface area contributed by atoms with Crippen LogP contribution in [0.2, 0.25) is 0 Å². The monoisotopic (exact) mass is 477 g/mol. The fourth-order valence-electron chi connectivity index (χ4n) is 5.82. The molecule has 0 atom stereocenters. The summed E-state index contributed by atoms with van der Waals surface area (Å²) in [6, 6.07) is 4.75. The highest BCUT2D eigenvalue weighted by molar-refractivity contribution is 5.84. The molecule has 6 rings (SSSR count). The number of nitrogens with one attached hydrogen (secondary N) is 1. The van der Waals surface area contributed by atoms with E-state index in [0.29, 0.717) is 35.3 Å². The molecule has 1 saturated heterocycles. The van der Waals surface area contributed by atoms with Gasteiger partial charge in [-0.15, -0.1) is 0 Å². The first-order valence-corrected chi connectivity index (χ1v) is 13.0. The third-order valence-electron chi connectivity index (χ3n) is 7.76. The lowest BCUT2D eigenvalue weighted by Gasteiger charge is -2.27. The molecule has 5 N–H and O–H groups in total. The molecule has 10 heteroatoms. The number of hydrogen-bond acceptors (Lipinski definition) is 9. The van der Waals surface area contributed by atoms with Crippen LogP contribution in [-0.4, -0.2) is 56.8 Å². The average molecular weight is 478 g/mol. The summed E-state index contributed by atoms with van der Waals surface area (Å²) in [5.74, 6) is 3.37. The van der Waals surface area contributed by atoms with E-state index in [0.717, 1.165) is 87.8 Å². The summed E-state index contributed by atoms with van der Waals surface area (Å²) in [6.07, 6.45) is 10.8. The predicted molar refractivity (Wildman–Crippen MR) is 137 cm³/mol. The van der Waals surface area contributed by atoms with Crippen LogP contribution in [-0.2, 0) is 4.74 Å².